The minimum atomic E-state index is -1.03. The molecular weight excluding hydrogens is 505 g/mol. The van der Waals surface area contributed by atoms with Crippen molar-refractivity contribution in [3.8, 4) is 11.5 Å². The zero-order valence-electron chi connectivity index (χ0n) is 21.2. The maximum absolute atomic E-state index is 14.1. The van der Waals surface area contributed by atoms with E-state index >= 15 is 0 Å². The van der Waals surface area contributed by atoms with Crippen molar-refractivity contribution in [1.82, 2.24) is 0 Å². The Morgan fingerprint density at radius 3 is 2.71 bits per heavy atom. The van der Waals surface area contributed by atoms with Crippen LogP contribution in [0.5, 0.6) is 11.5 Å². The van der Waals surface area contributed by atoms with E-state index < -0.39 is 12.6 Å². The van der Waals surface area contributed by atoms with Gasteiger partial charge in [-0.15, -0.1) is 12.4 Å². The van der Waals surface area contributed by atoms with Crippen LogP contribution in [0.25, 0.3) is 10.8 Å². The summed E-state index contributed by atoms with van der Waals surface area (Å²) in [6.45, 7) is 2.46. The van der Waals surface area contributed by atoms with Gasteiger partial charge in [0.15, 0.2) is 6.61 Å². The SMILES string of the molecule is C[C@@H](CCCC1CN(c2cccc(OCC(=O)O)c2)c2ccc(F)cc2O1)c1cccc2ccccc12.Cl. The number of halogens is 2. The fourth-order valence-electron chi connectivity index (χ4n) is 5.09. The van der Waals surface area contributed by atoms with Gasteiger partial charge in [0.1, 0.15) is 23.4 Å². The number of benzene rings is 4. The first-order valence-electron chi connectivity index (χ1n) is 12.6. The van der Waals surface area contributed by atoms with Crippen molar-refractivity contribution in [3.05, 3.63) is 96.3 Å². The van der Waals surface area contributed by atoms with Gasteiger partial charge in [0.25, 0.3) is 0 Å². The predicted molar refractivity (Wildman–Crippen MR) is 151 cm³/mol. The molecule has 0 fully saturated rings. The van der Waals surface area contributed by atoms with Crippen molar-refractivity contribution in [2.75, 3.05) is 18.1 Å². The normalized spacial score (nSPS) is 15.2. The number of carboxylic acid groups (broad SMARTS) is 1. The largest absolute Gasteiger partial charge is 0.486 e. The molecule has 0 bridgehead atoms. The third kappa shape index (κ3) is 6.20. The number of rotatable bonds is 9. The van der Waals surface area contributed by atoms with Crippen LogP contribution in [0.4, 0.5) is 15.8 Å². The molecule has 4 aromatic rings. The Morgan fingerprint density at radius 1 is 1.08 bits per heavy atom. The Hall–Kier alpha value is -3.77. The quantitative estimate of drug-likeness (QED) is 0.237. The summed E-state index contributed by atoms with van der Waals surface area (Å²) in [7, 11) is 0. The molecule has 1 N–H and O–H groups in total. The van der Waals surface area contributed by atoms with Gasteiger partial charge in [-0.2, -0.15) is 0 Å². The van der Waals surface area contributed by atoms with Crippen LogP contribution >= 0.6 is 12.4 Å². The molecule has 1 aliphatic heterocycles. The molecule has 0 aliphatic carbocycles. The van der Waals surface area contributed by atoms with Gasteiger partial charge < -0.3 is 19.5 Å². The predicted octanol–water partition coefficient (Wildman–Crippen LogP) is 7.74. The average Bonchev–Trinajstić information content (AvgIpc) is 2.91. The highest BCUT2D eigenvalue weighted by atomic mass is 35.5. The molecule has 2 atom stereocenters. The maximum Gasteiger partial charge on any atom is 0.341 e. The minimum absolute atomic E-state index is 0. The number of carboxylic acids is 1. The molecule has 7 heteroatoms. The van der Waals surface area contributed by atoms with E-state index in [1.165, 1.54) is 28.5 Å². The van der Waals surface area contributed by atoms with E-state index in [1.54, 1.807) is 18.2 Å². The monoisotopic (exact) mass is 535 g/mol. The number of hydrogen-bond donors (Lipinski definition) is 1. The molecule has 5 nitrogen and oxygen atoms in total. The second-order valence-electron chi connectivity index (χ2n) is 9.54. The number of fused-ring (bicyclic) bond motifs is 2. The third-order valence-corrected chi connectivity index (χ3v) is 6.90. The number of carbonyl (C=O) groups is 1. The summed E-state index contributed by atoms with van der Waals surface area (Å²) >= 11 is 0. The number of ether oxygens (including phenoxy) is 2. The molecule has 0 radical (unpaired) electrons. The molecule has 5 rings (SSSR count). The van der Waals surface area contributed by atoms with Crippen LogP contribution in [0.15, 0.2) is 84.9 Å². The zero-order chi connectivity index (χ0) is 25.8. The molecule has 0 aromatic heterocycles. The second kappa shape index (κ2) is 12.2. The van der Waals surface area contributed by atoms with Crippen LogP contribution < -0.4 is 14.4 Å². The first-order chi connectivity index (χ1) is 18.0. The highest BCUT2D eigenvalue weighted by Gasteiger charge is 2.27. The van der Waals surface area contributed by atoms with E-state index in [-0.39, 0.29) is 24.3 Å². The first kappa shape index (κ1) is 27.3. The van der Waals surface area contributed by atoms with Crippen LogP contribution in [0.1, 0.15) is 37.7 Å². The minimum Gasteiger partial charge on any atom is -0.486 e. The Morgan fingerprint density at radius 2 is 1.87 bits per heavy atom. The Balaban J connectivity index is 0.00000336. The second-order valence-corrected chi connectivity index (χ2v) is 9.54. The zero-order valence-corrected chi connectivity index (χ0v) is 22.0. The number of anilines is 2. The molecule has 0 saturated carbocycles. The van der Waals surface area contributed by atoms with Crippen LogP contribution in [0, 0.1) is 5.82 Å². The van der Waals surface area contributed by atoms with Gasteiger partial charge in [-0.25, -0.2) is 9.18 Å². The highest BCUT2D eigenvalue weighted by molar-refractivity contribution is 5.86. The lowest BCUT2D eigenvalue weighted by molar-refractivity contribution is -0.139. The van der Waals surface area contributed by atoms with Crippen molar-refractivity contribution in [2.45, 2.75) is 38.2 Å². The lowest BCUT2D eigenvalue weighted by atomic mass is 9.90. The smallest absolute Gasteiger partial charge is 0.341 e. The Bertz CT molecular complexity index is 1410. The summed E-state index contributed by atoms with van der Waals surface area (Å²) in [4.78, 5) is 13.0. The standard InChI is InChI=1S/C31H30FNO4.ClH/c1-21(27-14-5-9-22-8-2-3-13-28(22)27)7-4-12-26-19-33(29-16-15-23(32)17-30(29)37-26)24-10-6-11-25(18-24)36-20-31(34)35;/h2-3,5-6,8-11,13-18,21,26H,4,7,12,19-20H2,1H3,(H,34,35);1H/t21-,26?;/m0./s1. The molecular formula is C31H31ClFNO4. The fourth-order valence-corrected chi connectivity index (χ4v) is 5.09. The van der Waals surface area contributed by atoms with Crippen LogP contribution in [0.3, 0.4) is 0 Å². The van der Waals surface area contributed by atoms with Crippen molar-refractivity contribution >= 4 is 40.5 Å². The summed E-state index contributed by atoms with van der Waals surface area (Å²) in [5.41, 5.74) is 2.97. The van der Waals surface area contributed by atoms with E-state index in [9.17, 15) is 9.18 Å². The highest BCUT2D eigenvalue weighted by Crippen LogP contribution is 2.40. The van der Waals surface area contributed by atoms with Crippen molar-refractivity contribution in [2.24, 2.45) is 0 Å². The maximum atomic E-state index is 14.1. The summed E-state index contributed by atoms with van der Waals surface area (Å²) < 4.78 is 25.7. The molecule has 1 aliphatic rings. The van der Waals surface area contributed by atoms with Gasteiger partial charge in [0, 0.05) is 17.8 Å². The van der Waals surface area contributed by atoms with Gasteiger partial charge >= 0.3 is 5.97 Å². The number of hydrogen-bond acceptors (Lipinski definition) is 4. The molecule has 4 aromatic carbocycles. The van der Waals surface area contributed by atoms with Gasteiger partial charge in [-0.1, -0.05) is 55.5 Å². The van der Waals surface area contributed by atoms with E-state index in [0.29, 0.717) is 24.0 Å². The Kier molecular flexibility index (Phi) is 8.74. The van der Waals surface area contributed by atoms with E-state index in [2.05, 4.69) is 54.3 Å². The van der Waals surface area contributed by atoms with E-state index in [4.69, 9.17) is 14.6 Å². The summed E-state index contributed by atoms with van der Waals surface area (Å²) in [5, 5.41) is 11.5. The van der Waals surface area contributed by atoms with Gasteiger partial charge in [0.2, 0.25) is 0 Å². The van der Waals surface area contributed by atoms with E-state index in [0.717, 1.165) is 30.6 Å². The van der Waals surface area contributed by atoms with Gasteiger partial charge in [-0.05, 0) is 65.8 Å². The van der Waals surface area contributed by atoms with Gasteiger partial charge in [0.05, 0.1) is 12.2 Å². The lowest BCUT2D eigenvalue weighted by Gasteiger charge is -2.36. The van der Waals surface area contributed by atoms with Crippen molar-refractivity contribution < 1.29 is 23.8 Å². The fraction of sp³-hybridized carbons (Fsp3) is 0.258. The molecule has 0 amide bonds. The number of nitrogens with zero attached hydrogens (tertiary/aromatic N) is 1. The van der Waals surface area contributed by atoms with Crippen LogP contribution in [-0.4, -0.2) is 30.3 Å². The molecule has 1 unspecified atom stereocenters. The summed E-state index contributed by atoms with van der Waals surface area (Å²) in [6.07, 6.45) is 2.70. The third-order valence-electron chi connectivity index (χ3n) is 6.90. The average molecular weight is 536 g/mol. The van der Waals surface area contributed by atoms with Crippen molar-refractivity contribution in [1.29, 1.82) is 0 Å². The molecule has 38 heavy (non-hydrogen) atoms. The van der Waals surface area contributed by atoms with Crippen LogP contribution in [0.2, 0.25) is 0 Å². The lowest BCUT2D eigenvalue weighted by Crippen LogP contribution is -2.37. The van der Waals surface area contributed by atoms with Crippen molar-refractivity contribution in [3.63, 3.8) is 0 Å². The first-order valence-corrected chi connectivity index (χ1v) is 12.6. The molecule has 0 saturated heterocycles. The Labute approximate surface area is 228 Å². The molecule has 0 spiro atoms. The summed E-state index contributed by atoms with van der Waals surface area (Å²) in [6, 6.07) is 26.8. The molecule has 1 heterocycles. The van der Waals surface area contributed by atoms with Crippen LogP contribution in [-0.2, 0) is 4.79 Å². The van der Waals surface area contributed by atoms with E-state index in [1.807, 2.05) is 12.1 Å². The number of aliphatic carboxylic acids is 1. The molecule has 198 valence electrons. The topological polar surface area (TPSA) is 59.0 Å². The summed E-state index contributed by atoms with van der Waals surface area (Å²) in [5.74, 6) is 0.00201. The van der Waals surface area contributed by atoms with Gasteiger partial charge in [-0.3, -0.25) is 0 Å².